The maximum atomic E-state index is 13.3. The van der Waals surface area contributed by atoms with Crippen LogP contribution in [-0.4, -0.2) is 25.7 Å². The molecule has 0 saturated heterocycles. The van der Waals surface area contributed by atoms with Gasteiger partial charge in [0.05, 0.1) is 18.3 Å². The zero-order valence-electron chi connectivity index (χ0n) is 16.5. The largest absolute Gasteiger partial charge is 0.383 e. The summed E-state index contributed by atoms with van der Waals surface area (Å²) in [5.41, 5.74) is 3.66. The number of anilines is 1. The fraction of sp³-hybridized carbons (Fsp3) is 0.682. The lowest BCUT2D eigenvalue weighted by Crippen LogP contribution is -2.43. The van der Waals surface area contributed by atoms with Crippen LogP contribution in [0.1, 0.15) is 70.4 Å². The monoisotopic (exact) mass is 345 g/mol. The van der Waals surface area contributed by atoms with E-state index in [9.17, 15) is 4.79 Å². The summed E-state index contributed by atoms with van der Waals surface area (Å²) in [6.45, 7) is 7.01. The molecule has 0 aromatic heterocycles. The van der Waals surface area contributed by atoms with Crippen LogP contribution in [-0.2, 0) is 22.4 Å². The number of para-hydroxylation sites is 1. The predicted molar refractivity (Wildman–Crippen MR) is 105 cm³/mol. The SMILES string of the molecule is CCc1cccc(CC)c1N(C(=O)CC1CCCCC1)C(C)COC. The highest BCUT2D eigenvalue weighted by atomic mass is 16.5. The summed E-state index contributed by atoms with van der Waals surface area (Å²) in [7, 11) is 1.72. The summed E-state index contributed by atoms with van der Waals surface area (Å²) in [5, 5.41) is 0. The van der Waals surface area contributed by atoms with Crippen LogP contribution in [0.4, 0.5) is 5.69 Å². The van der Waals surface area contributed by atoms with E-state index in [1.165, 1.54) is 43.2 Å². The molecule has 1 aromatic carbocycles. The van der Waals surface area contributed by atoms with Crippen LogP contribution in [0.2, 0.25) is 0 Å². The van der Waals surface area contributed by atoms with Crippen molar-refractivity contribution in [3.63, 3.8) is 0 Å². The molecule has 1 saturated carbocycles. The van der Waals surface area contributed by atoms with Crippen LogP contribution in [0.5, 0.6) is 0 Å². The normalized spacial score (nSPS) is 16.6. The van der Waals surface area contributed by atoms with Gasteiger partial charge in [-0.15, -0.1) is 0 Å². The zero-order chi connectivity index (χ0) is 18.2. The lowest BCUT2D eigenvalue weighted by atomic mass is 9.86. The first-order valence-corrected chi connectivity index (χ1v) is 10.0. The molecule has 1 unspecified atom stereocenters. The number of aryl methyl sites for hydroxylation is 2. The van der Waals surface area contributed by atoms with E-state index in [4.69, 9.17) is 4.74 Å². The second kappa shape index (κ2) is 9.96. The molecule has 0 aliphatic heterocycles. The number of carbonyl (C=O) groups is 1. The Bertz CT molecular complexity index is 527. The lowest BCUT2D eigenvalue weighted by Gasteiger charge is -2.34. The molecule has 0 heterocycles. The van der Waals surface area contributed by atoms with Crippen molar-refractivity contribution in [2.45, 2.75) is 78.2 Å². The van der Waals surface area contributed by atoms with E-state index in [-0.39, 0.29) is 11.9 Å². The van der Waals surface area contributed by atoms with Crippen LogP contribution < -0.4 is 4.90 Å². The van der Waals surface area contributed by atoms with Crippen molar-refractivity contribution in [2.24, 2.45) is 5.92 Å². The highest BCUT2D eigenvalue weighted by Gasteiger charge is 2.28. The number of carbonyl (C=O) groups excluding carboxylic acids is 1. The van der Waals surface area contributed by atoms with Gasteiger partial charge in [-0.25, -0.2) is 0 Å². The van der Waals surface area contributed by atoms with E-state index in [1.54, 1.807) is 7.11 Å². The molecule has 1 atom stereocenters. The Morgan fingerprint density at radius 1 is 1.16 bits per heavy atom. The molecule has 0 spiro atoms. The zero-order valence-corrected chi connectivity index (χ0v) is 16.5. The first kappa shape index (κ1) is 20.0. The van der Waals surface area contributed by atoms with Crippen molar-refractivity contribution in [2.75, 3.05) is 18.6 Å². The van der Waals surface area contributed by atoms with Gasteiger partial charge in [-0.1, -0.05) is 51.3 Å². The second-order valence-electron chi connectivity index (χ2n) is 7.41. The second-order valence-corrected chi connectivity index (χ2v) is 7.41. The third-order valence-corrected chi connectivity index (χ3v) is 5.51. The first-order valence-electron chi connectivity index (χ1n) is 10.0. The molecule has 2 rings (SSSR count). The number of nitrogens with zero attached hydrogens (tertiary/aromatic N) is 1. The Morgan fingerprint density at radius 2 is 1.76 bits per heavy atom. The number of amides is 1. The fourth-order valence-corrected chi connectivity index (χ4v) is 4.17. The van der Waals surface area contributed by atoms with E-state index in [2.05, 4.69) is 43.9 Å². The Hall–Kier alpha value is -1.35. The highest BCUT2D eigenvalue weighted by Crippen LogP contribution is 2.32. The van der Waals surface area contributed by atoms with Gasteiger partial charge in [0.2, 0.25) is 5.91 Å². The number of benzene rings is 1. The van der Waals surface area contributed by atoms with Crippen molar-refractivity contribution < 1.29 is 9.53 Å². The van der Waals surface area contributed by atoms with E-state index < -0.39 is 0 Å². The Balaban J connectivity index is 2.34. The average Bonchev–Trinajstić information content (AvgIpc) is 2.63. The molecule has 1 amide bonds. The minimum atomic E-state index is 0.0547. The maximum Gasteiger partial charge on any atom is 0.227 e. The Kier molecular flexibility index (Phi) is 7.95. The van der Waals surface area contributed by atoms with Gasteiger partial charge in [-0.2, -0.15) is 0 Å². The minimum Gasteiger partial charge on any atom is -0.383 e. The van der Waals surface area contributed by atoms with Crippen molar-refractivity contribution in [1.82, 2.24) is 0 Å². The van der Waals surface area contributed by atoms with Crippen LogP contribution in [0.15, 0.2) is 18.2 Å². The molecular weight excluding hydrogens is 310 g/mol. The van der Waals surface area contributed by atoms with E-state index in [0.29, 0.717) is 18.9 Å². The van der Waals surface area contributed by atoms with Crippen LogP contribution in [0, 0.1) is 5.92 Å². The molecule has 1 aliphatic carbocycles. The Morgan fingerprint density at radius 3 is 2.28 bits per heavy atom. The van der Waals surface area contributed by atoms with Gasteiger partial charge in [-0.05, 0) is 49.7 Å². The first-order chi connectivity index (χ1) is 12.1. The topological polar surface area (TPSA) is 29.5 Å². The van der Waals surface area contributed by atoms with Gasteiger partial charge in [-0.3, -0.25) is 4.79 Å². The molecule has 0 N–H and O–H groups in total. The maximum absolute atomic E-state index is 13.3. The number of hydrogen-bond acceptors (Lipinski definition) is 2. The molecule has 3 nitrogen and oxygen atoms in total. The summed E-state index contributed by atoms with van der Waals surface area (Å²) in [6, 6.07) is 6.49. The summed E-state index contributed by atoms with van der Waals surface area (Å²) in [5.74, 6) is 0.824. The quantitative estimate of drug-likeness (QED) is 0.652. The van der Waals surface area contributed by atoms with Crippen LogP contribution in [0.3, 0.4) is 0 Å². The molecule has 25 heavy (non-hydrogen) atoms. The molecular formula is C22H35NO2. The molecule has 3 heteroatoms. The molecule has 0 bridgehead atoms. The van der Waals surface area contributed by atoms with E-state index in [0.717, 1.165) is 18.5 Å². The Labute approximate surface area is 153 Å². The third kappa shape index (κ3) is 5.07. The summed E-state index contributed by atoms with van der Waals surface area (Å²) < 4.78 is 5.40. The van der Waals surface area contributed by atoms with Gasteiger partial charge in [0.1, 0.15) is 0 Å². The average molecular weight is 346 g/mol. The number of methoxy groups -OCH3 is 1. The van der Waals surface area contributed by atoms with Crippen LogP contribution in [0.25, 0.3) is 0 Å². The lowest BCUT2D eigenvalue weighted by molar-refractivity contribution is -0.120. The van der Waals surface area contributed by atoms with Gasteiger partial charge in [0.25, 0.3) is 0 Å². The van der Waals surface area contributed by atoms with E-state index >= 15 is 0 Å². The third-order valence-electron chi connectivity index (χ3n) is 5.51. The van der Waals surface area contributed by atoms with Gasteiger partial charge in [0, 0.05) is 13.5 Å². The van der Waals surface area contributed by atoms with Crippen molar-refractivity contribution >= 4 is 11.6 Å². The van der Waals surface area contributed by atoms with Crippen molar-refractivity contribution in [1.29, 1.82) is 0 Å². The van der Waals surface area contributed by atoms with Gasteiger partial charge in [0.15, 0.2) is 0 Å². The van der Waals surface area contributed by atoms with Crippen molar-refractivity contribution in [3.8, 4) is 0 Å². The van der Waals surface area contributed by atoms with E-state index in [1.807, 2.05) is 0 Å². The molecule has 1 aromatic rings. The predicted octanol–water partition coefficient (Wildman–Crippen LogP) is 5.15. The number of ether oxygens (including phenoxy) is 1. The highest BCUT2D eigenvalue weighted by molar-refractivity contribution is 5.95. The molecule has 1 fully saturated rings. The minimum absolute atomic E-state index is 0.0547. The van der Waals surface area contributed by atoms with Crippen molar-refractivity contribution in [3.05, 3.63) is 29.3 Å². The fourth-order valence-electron chi connectivity index (χ4n) is 4.17. The molecule has 0 radical (unpaired) electrons. The standard InChI is InChI=1S/C22H35NO2/c1-5-19-13-10-14-20(6-2)22(19)23(17(3)16-25-4)21(24)15-18-11-8-7-9-12-18/h10,13-14,17-18H,5-9,11-12,15-16H2,1-4H3. The molecule has 140 valence electrons. The number of hydrogen-bond donors (Lipinski definition) is 0. The summed E-state index contributed by atoms with van der Waals surface area (Å²) in [4.78, 5) is 15.4. The van der Waals surface area contributed by atoms with Gasteiger partial charge < -0.3 is 9.64 Å². The summed E-state index contributed by atoms with van der Waals surface area (Å²) >= 11 is 0. The van der Waals surface area contributed by atoms with Gasteiger partial charge >= 0.3 is 0 Å². The van der Waals surface area contributed by atoms with Crippen LogP contribution >= 0.6 is 0 Å². The number of rotatable bonds is 8. The summed E-state index contributed by atoms with van der Waals surface area (Å²) in [6.07, 6.45) is 8.84. The molecule has 1 aliphatic rings. The smallest absolute Gasteiger partial charge is 0.227 e.